The maximum atomic E-state index is 14.2. The lowest BCUT2D eigenvalue weighted by atomic mass is 9.92. The zero-order chi connectivity index (χ0) is 20.3. The van der Waals surface area contributed by atoms with Crippen LogP contribution in [0.4, 0.5) is 4.39 Å². The Morgan fingerprint density at radius 2 is 1.58 bits per heavy atom. The topological polar surface area (TPSA) is 78.6 Å². The van der Waals surface area contributed by atoms with Gasteiger partial charge in [-0.05, 0) is 65.7 Å². The zero-order valence-corrected chi connectivity index (χ0v) is 17.6. The van der Waals surface area contributed by atoms with Crippen LogP contribution in [-0.2, 0) is 25.5 Å². The highest BCUT2D eigenvalue weighted by Gasteiger charge is 2.37. The van der Waals surface area contributed by atoms with Crippen LogP contribution in [0.3, 0.4) is 0 Å². The lowest BCUT2D eigenvalue weighted by molar-refractivity contribution is -0.169. The summed E-state index contributed by atoms with van der Waals surface area (Å²) in [6, 6.07) is 3.22. The number of carbonyl (C=O) groups is 2. The Kier molecular flexibility index (Phi) is 7.36. The smallest absolute Gasteiger partial charge is 0.324 e. The Labute approximate surface area is 162 Å². The van der Waals surface area contributed by atoms with Crippen LogP contribution in [0.1, 0.15) is 47.1 Å². The van der Waals surface area contributed by atoms with Crippen molar-refractivity contribution in [3.05, 3.63) is 34.1 Å². The molecule has 1 aromatic rings. The van der Waals surface area contributed by atoms with E-state index in [1.165, 1.54) is 6.07 Å². The van der Waals surface area contributed by atoms with E-state index in [0.717, 1.165) is 0 Å². The second kappa shape index (κ2) is 8.48. The van der Waals surface area contributed by atoms with Crippen molar-refractivity contribution < 1.29 is 23.5 Å². The van der Waals surface area contributed by atoms with Gasteiger partial charge in [0.15, 0.2) is 0 Å². The van der Waals surface area contributed by atoms with Gasteiger partial charge in [-0.3, -0.25) is 9.59 Å². The fourth-order valence-corrected chi connectivity index (χ4v) is 2.53. The molecule has 0 radical (unpaired) electrons. The average molecular weight is 432 g/mol. The molecule has 2 N–H and O–H groups in total. The van der Waals surface area contributed by atoms with Crippen molar-refractivity contribution in [3.8, 4) is 0 Å². The monoisotopic (exact) mass is 431 g/mol. The van der Waals surface area contributed by atoms with Crippen LogP contribution >= 0.6 is 15.9 Å². The molecule has 0 aliphatic carbocycles. The van der Waals surface area contributed by atoms with Crippen molar-refractivity contribution in [1.82, 2.24) is 0 Å². The van der Waals surface area contributed by atoms with Gasteiger partial charge >= 0.3 is 11.9 Å². The van der Waals surface area contributed by atoms with E-state index in [1.54, 1.807) is 53.7 Å². The minimum Gasteiger partial charge on any atom is -0.460 e. The molecule has 0 aromatic heterocycles. The average Bonchev–Trinajstić information content (AvgIpc) is 2.42. The Hall–Kier alpha value is -1.47. The Bertz CT molecular complexity index is 664. The van der Waals surface area contributed by atoms with Crippen LogP contribution in [-0.4, -0.2) is 29.2 Å². The number of nitrogens with two attached hydrogens (primary N) is 1. The summed E-state index contributed by atoms with van der Waals surface area (Å²) in [5.41, 5.74) is 4.76. The number of hydrogen-bond acceptors (Lipinski definition) is 5. The van der Waals surface area contributed by atoms with E-state index in [-0.39, 0.29) is 12.0 Å². The molecule has 1 rings (SSSR count). The lowest BCUT2D eigenvalue weighted by Gasteiger charge is -2.28. The standard InChI is InChI=1S/C19H27BrFNO4/c1-18(2,3)25-16(23)13(15(22)17(24)26-19(4,5)6)9-11-7-8-12(20)10-14(11)21/h7-8,10,13,15H,9,22H2,1-6H3. The van der Waals surface area contributed by atoms with E-state index < -0.39 is 40.9 Å². The summed E-state index contributed by atoms with van der Waals surface area (Å²) in [7, 11) is 0. The first kappa shape index (κ1) is 22.6. The molecule has 0 spiro atoms. The van der Waals surface area contributed by atoms with E-state index in [0.29, 0.717) is 4.47 Å². The van der Waals surface area contributed by atoms with Gasteiger partial charge in [0, 0.05) is 4.47 Å². The molecule has 0 heterocycles. The Balaban J connectivity index is 3.12. The summed E-state index contributed by atoms with van der Waals surface area (Å²) in [6.45, 7) is 10.2. The number of benzene rings is 1. The van der Waals surface area contributed by atoms with E-state index in [9.17, 15) is 14.0 Å². The Morgan fingerprint density at radius 3 is 2.04 bits per heavy atom. The third-order valence-electron chi connectivity index (χ3n) is 3.28. The fourth-order valence-electron chi connectivity index (χ4n) is 2.19. The van der Waals surface area contributed by atoms with Gasteiger partial charge in [-0.15, -0.1) is 0 Å². The number of hydrogen-bond donors (Lipinski definition) is 1. The highest BCUT2D eigenvalue weighted by Crippen LogP contribution is 2.23. The minimum absolute atomic E-state index is 0.0750. The van der Waals surface area contributed by atoms with Crippen LogP contribution in [0, 0.1) is 11.7 Å². The molecule has 0 saturated heterocycles. The molecule has 2 atom stereocenters. The first-order valence-corrected chi connectivity index (χ1v) is 9.14. The molecule has 5 nitrogen and oxygen atoms in total. The third kappa shape index (κ3) is 7.41. The summed E-state index contributed by atoms with van der Waals surface area (Å²) in [5.74, 6) is -2.96. The van der Waals surface area contributed by atoms with E-state index in [4.69, 9.17) is 15.2 Å². The predicted molar refractivity (Wildman–Crippen MR) is 101 cm³/mol. The first-order valence-electron chi connectivity index (χ1n) is 8.35. The van der Waals surface area contributed by atoms with Crippen molar-refractivity contribution in [2.45, 2.75) is 65.2 Å². The minimum atomic E-state index is -1.27. The van der Waals surface area contributed by atoms with Gasteiger partial charge in [0.25, 0.3) is 0 Å². The molecule has 26 heavy (non-hydrogen) atoms. The van der Waals surface area contributed by atoms with E-state index in [2.05, 4.69) is 15.9 Å². The van der Waals surface area contributed by atoms with Crippen LogP contribution in [0.15, 0.2) is 22.7 Å². The quantitative estimate of drug-likeness (QED) is 0.717. The number of ether oxygens (including phenoxy) is 2. The second-order valence-corrected chi connectivity index (χ2v) is 9.05. The van der Waals surface area contributed by atoms with Gasteiger partial charge in [-0.25, -0.2) is 4.39 Å². The van der Waals surface area contributed by atoms with Gasteiger partial charge in [0.2, 0.25) is 0 Å². The maximum absolute atomic E-state index is 14.2. The van der Waals surface area contributed by atoms with Crippen molar-refractivity contribution in [2.24, 2.45) is 11.7 Å². The van der Waals surface area contributed by atoms with Crippen LogP contribution in [0.25, 0.3) is 0 Å². The summed E-state index contributed by atoms with van der Waals surface area (Å²) < 4.78 is 25.4. The van der Waals surface area contributed by atoms with Crippen molar-refractivity contribution in [3.63, 3.8) is 0 Å². The van der Waals surface area contributed by atoms with Crippen molar-refractivity contribution in [1.29, 1.82) is 0 Å². The number of esters is 2. The molecule has 0 saturated carbocycles. The predicted octanol–water partition coefficient (Wildman–Crippen LogP) is 3.76. The van der Waals surface area contributed by atoms with Crippen LogP contribution in [0.2, 0.25) is 0 Å². The summed E-state index contributed by atoms with van der Waals surface area (Å²) in [4.78, 5) is 25.0. The number of rotatable bonds is 5. The molecule has 2 unspecified atom stereocenters. The summed E-state index contributed by atoms with van der Waals surface area (Å²) >= 11 is 3.19. The Morgan fingerprint density at radius 1 is 1.08 bits per heavy atom. The zero-order valence-electron chi connectivity index (χ0n) is 16.1. The van der Waals surface area contributed by atoms with E-state index in [1.807, 2.05) is 0 Å². The summed E-state index contributed by atoms with van der Waals surface area (Å²) in [5, 5.41) is 0. The van der Waals surface area contributed by atoms with Gasteiger partial charge in [0.05, 0.1) is 5.92 Å². The molecular formula is C19H27BrFNO4. The number of carbonyl (C=O) groups excluding carboxylic acids is 2. The fraction of sp³-hybridized carbons (Fsp3) is 0.579. The van der Waals surface area contributed by atoms with Crippen molar-refractivity contribution >= 4 is 27.9 Å². The van der Waals surface area contributed by atoms with Gasteiger partial charge < -0.3 is 15.2 Å². The molecular weight excluding hydrogens is 405 g/mol. The lowest BCUT2D eigenvalue weighted by Crippen LogP contribution is -2.48. The second-order valence-electron chi connectivity index (χ2n) is 8.14. The van der Waals surface area contributed by atoms with Crippen LogP contribution < -0.4 is 5.73 Å². The molecule has 1 aromatic carbocycles. The molecule has 146 valence electrons. The number of halogens is 2. The summed E-state index contributed by atoms with van der Waals surface area (Å²) in [6.07, 6.45) is -0.0750. The van der Waals surface area contributed by atoms with Gasteiger partial charge in [0.1, 0.15) is 23.1 Å². The molecule has 0 aliphatic heterocycles. The van der Waals surface area contributed by atoms with E-state index >= 15 is 0 Å². The highest BCUT2D eigenvalue weighted by molar-refractivity contribution is 9.10. The molecule has 0 aliphatic rings. The maximum Gasteiger partial charge on any atom is 0.324 e. The van der Waals surface area contributed by atoms with Gasteiger partial charge in [-0.1, -0.05) is 22.0 Å². The normalized spacial score (nSPS) is 14.5. The largest absolute Gasteiger partial charge is 0.460 e. The molecule has 0 bridgehead atoms. The molecule has 0 amide bonds. The molecule has 7 heteroatoms. The molecule has 0 fully saturated rings. The van der Waals surface area contributed by atoms with Gasteiger partial charge in [-0.2, -0.15) is 0 Å². The van der Waals surface area contributed by atoms with Crippen molar-refractivity contribution in [2.75, 3.05) is 0 Å². The highest BCUT2D eigenvalue weighted by atomic mass is 79.9. The SMILES string of the molecule is CC(C)(C)OC(=O)C(N)C(Cc1ccc(Br)cc1F)C(=O)OC(C)(C)C. The third-order valence-corrected chi connectivity index (χ3v) is 3.77. The van der Waals surface area contributed by atoms with Crippen LogP contribution in [0.5, 0.6) is 0 Å². The first-order chi connectivity index (χ1) is 11.7.